The van der Waals surface area contributed by atoms with Crippen molar-refractivity contribution in [2.45, 2.75) is 38.3 Å². The zero-order valence-corrected chi connectivity index (χ0v) is 21.4. The van der Waals surface area contributed by atoms with E-state index in [1.54, 1.807) is 6.92 Å². The van der Waals surface area contributed by atoms with E-state index in [9.17, 15) is 14.4 Å². The highest BCUT2D eigenvalue weighted by Crippen LogP contribution is 2.44. The molecule has 0 spiro atoms. The molecule has 5 rings (SSSR count). The van der Waals surface area contributed by atoms with Gasteiger partial charge in [0.1, 0.15) is 18.4 Å². The summed E-state index contributed by atoms with van der Waals surface area (Å²) in [6.07, 6.45) is 0.835. The minimum absolute atomic E-state index is 0.102. The lowest BCUT2D eigenvalue weighted by molar-refractivity contribution is -0.144. The first-order valence-electron chi connectivity index (χ1n) is 12.8. The van der Waals surface area contributed by atoms with Crippen molar-refractivity contribution in [3.8, 4) is 11.1 Å². The highest BCUT2D eigenvalue weighted by atomic mass is 16.5. The van der Waals surface area contributed by atoms with Gasteiger partial charge in [-0.3, -0.25) is 14.5 Å². The lowest BCUT2D eigenvalue weighted by Gasteiger charge is -2.27. The smallest absolute Gasteiger partial charge is 0.407 e. The van der Waals surface area contributed by atoms with Gasteiger partial charge < -0.3 is 14.8 Å². The van der Waals surface area contributed by atoms with Crippen LogP contribution in [0.1, 0.15) is 36.5 Å². The highest BCUT2D eigenvalue weighted by molar-refractivity contribution is 6.06. The lowest BCUT2D eigenvalue weighted by Crippen LogP contribution is -2.52. The van der Waals surface area contributed by atoms with Crippen molar-refractivity contribution in [3.05, 3.63) is 107 Å². The van der Waals surface area contributed by atoms with Gasteiger partial charge in [0.2, 0.25) is 0 Å². The summed E-state index contributed by atoms with van der Waals surface area (Å²) in [7, 11) is 0. The van der Waals surface area contributed by atoms with Gasteiger partial charge in [0, 0.05) is 18.4 Å². The van der Waals surface area contributed by atoms with E-state index in [1.807, 2.05) is 73.7 Å². The third kappa shape index (κ3) is 4.92. The first kappa shape index (κ1) is 25.3. The Morgan fingerprint density at radius 2 is 1.53 bits per heavy atom. The average Bonchev–Trinajstić information content (AvgIpc) is 3.40. The van der Waals surface area contributed by atoms with Crippen LogP contribution in [-0.2, 0) is 25.5 Å². The molecule has 3 amide bonds. The number of benzene rings is 3. The van der Waals surface area contributed by atoms with Gasteiger partial charge in [-0.05, 0) is 41.7 Å². The van der Waals surface area contributed by atoms with Gasteiger partial charge >= 0.3 is 6.09 Å². The highest BCUT2D eigenvalue weighted by Gasteiger charge is 2.39. The standard InChI is InChI=1S/C31H30N2O5/c1-3-37-28-18-29(34)33(20(28)2)30(35)27(17-21-11-5-4-6-12-21)32-31(36)38-19-26-24-15-9-7-13-22(24)23-14-8-10-16-25(23)26/h4-16,18,20,26-27H,3,17,19H2,1-2H3,(H,32,36)/t20-,27-/m0/s1. The Morgan fingerprint density at radius 1 is 0.921 bits per heavy atom. The van der Waals surface area contributed by atoms with Crippen molar-refractivity contribution in [1.82, 2.24) is 10.2 Å². The Balaban J connectivity index is 1.32. The van der Waals surface area contributed by atoms with Gasteiger partial charge in [-0.25, -0.2) is 4.79 Å². The third-order valence-electron chi connectivity index (χ3n) is 7.07. The van der Waals surface area contributed by atoms with E-state index in [1.165, 1.54) is 6.08 Å². The second kappa shape index (κ2) is 10.9. The minimum Gasteiger partial charge on any atom is -0.496 e. The van der Waals surface area contributed by atoms with Crippen LogP contribution in [0.5, 0.6) is 0 Å². The van der Waals surface area contributed by atoms with Crippen molar-refractivity contribution in [2.24, 2.45) is 0 Å². The Hall–Kier alpha value is -4.39. The number of rotatable bonds is 8. The van der Waals surface area contributed by atoms with Gasteiger partial charge in [-0.15, -0.1) is 0 Å². The fraction of sp³-hybridized carbons (Fsp3) is 0.258. The molecule has 3 aromatic carbocycles. The zero-order valence-electron chi connectivity index (χ0n) is 21.4. The maximum Gasteiger partial charge on any atom is 0.407 e. The van der Waals surface area contributed by atoms with Crippen LogP contribution in [0.2, 0.25) is 0 Å². The number of alkyl carbamates (subject to hydrolysis) is 1. The maximum absolute atomic E-state index is 13.6. The van der Waals surface area contributed by atoms with E-state index < -0.39 is 30.0 Å². The predicted molar refractivity (Wildman–Crippen MR) is 143 cm³/mol. The molecular weight excluding hydrogens is 480 g/mol. The van der Waals surface area contributed by atoms with Crippen molar-refractivity contribution < 1.29 is 23.9 Å². The molecule has 0 bridgehead atoms. The fourth-order valence-corrected chi connectivity index (χ4v) is 5.26. The molecule has 7 nitrogen and oxygen atoms in total. The quantitative estimate of drug-likeness (QED) is 0.470. The second-order valence-electron chi connectivity index (χ2n) is 9.41. The maximum atomic E-state index is 13.6. The summed E-state index contributed by atoms with van der Waals surface area (Å²) >= 11 is 0. The number of hydrogen-bond acceptors (Lipinski definition) is 5. The molecule has 1 heterocycles. The number of carbonyl (C=O) groups is 3. The molecule has 194 valence electrons. The van der Waals surface area contributed by atoms with Gasteiger partial charge in [0.05, 0.1) is 12.6 Å². The Morgan fingerprint density at radius 3 is 2.16 bits per heavy atom. The third-order valence-corrected chi connectivity index (χ3v) is 7.07. The molecule has 0 fully saturated rings. The summed E-state index contributed by atoms with van der Waals surface area (Å²) in [5.41, 5.74) is 5.32. The molecule has 0 saturated carbocycles. The van der Waals surface area contributed by atoms with Crippen LogP contribution >= 0.6 is 0 Å². The number of ether oxygens (including phenoxy) is 2. The molecule has 3 aromatic rings. The van der Waals surface area contributed by atoms with Gasteiger partial charge in [0.15, 0.2) is 0 Å². The number of fused-ring (bicyclic) bond motifs is 3. The summed E-state index contributed by atoms with van der Waals surface area (Å²) in [6.45, 7) is 4.06. The van der Waals surface area contributed by atoms with Crippen molar-refractivity contribution in [1.29, 1.82) is 0 Å². The van der Waals surface area contributed by atoms with Gasteiger partial charge in [0.25, 0.3) is 11.8 Å². The predicted octanol–water partition coefficient (Wildman–Crippen LogP) is 4.81. The van der Waals surface area contributed by atoms with Gasteiger partial charge in [-0.2, -0.15) is 0 Å². The number of carbonyl (C=O) groups excluding carboxylic acids is 3. The molecule has 1 N–H and O–H groups in total. The SMILES string of the molecule is CCOC1=CC(=O)N(C(=O)[C@H](Cc2ccccc2)NC(=O)OCC2c3ccccc3-c3ccccc32)[C@H]1C. The normalized spacial score (nSPS) is 16.9. The largest absolute Gasteiger partial charge is 0.496 e. The van der Waals surface area contributed by atoms with E-state index in [2.05, 4.69) is 17.4 Å². The summed E-state index contributed by atoms with van der Waals surface area (Å²) in [6, 6.07) is 24.0. The molecular formula is C31H30N2O5. The van der Waals surface area contributed by atoms with E-state index >= 15 is 0 Å². The first-order valence-corrected chi connectivity index (χ1v) is 12.8. The number of nitrogens with one attached hydrogen (secondary N) is 1. The van der Waals surface area contributed by atoms with Crippen LogP contribution in [-0.4, -0.2) is 48.1 Å². The van der Waals surface area contributed by atoms with E-state index in [0.29, 0.717) is 12.4 Å². The Labute approximate surface area is 222 Å². The fourth-order valence-electron chi connectivity index (χ4n) is 5.26. The second-order valence-corrected chi connectivity index (χ2v) is 9.41. The first-order chi connectivity index (χ1) is 18.5. The lowest BCUT2D eigenvalue weighted by atomic mass is 9.98. The monoisotopic (exact) mass is 510 g/mol. The molecule has 2 aliphatic rings. The van der Waals surface area contributed by atoms with Crippen molar-refractivity contribution in [3.63, 3.8) is 0 Å². The molecule has 1 aliphatic carbocycles. The topological polar surface area (TPSA) is 84.9 Å². The Bertz CT molecular complexity index is 1340. The number of imide groups is 1. The molecule has 0 unspecified atom stereocenters. The number of hydrogen-bond donors (Lipinski definition) is 1. The molecule has 0 radical (unpaired) electrons. The van der Waals surface area contributed by atoms with Crippen LogP contribution < -0.4 is 5.32 Å². The zero-order chi connectivity index (χ0) is 26.6. The molecule has 0 aromatic heterocycles. The summed E-state index contributed by atoms with van der Waals surface area (Å²) in [5.74, 6) is -0.635. The van der Waals surface area contributed by atoms with Crippen LogP contribution in [0, 0.1) is 0 Å². The molecule has 7 heteroatoms. The summed E-state index contributed by atoms with van der Waals surface area (Å²) in [5, 5.41) is 2.73. The number of nitrogens with zero attached hydrogens (tertiary/aromatic N) is 1. The van der Waals surface area contributed by atoms with Gasteiger partial charge in [-0.1, -0.05) is 78.9 Å². The minimum atomic E-state index is -0.992. The Kier molecular flexibility index (Phi) is 7.26. The van der Waals surface area contributed by atoms with Crippen LogP contribution in [0.3, 0.4) is 0 Å². The van der Waals surface area contributed by atoms with Crippen LogP contribution in [0.25, 0.3) is 11.1 Å². The molecule has 0 saturated heterocycles. The summed E-state index contributed by atoms with van der Waals surface area (Å²) < 4.78 is 11.2. The van der Waals surface area contributed by atoms with E-state index in [-0.39, 0.29) is 18.9 Å². The average molecular weight is 511 g/mol. The van der Waals surface area contributed by atoms with Crippen molar-refractivity contribution in [2.75, 3.05) is 13.2 Å². The number of amides is 3. The van der Waals surface area contributed by atoms with E-state index in [4.69, 9.17) is 9.47 Å². The summed E-state index contributed by atoms with van der Waals surface area (Å²) in [4.78, 5) is 40.5. The molecule has 38 heavy (non-hydrogen) atoms. The van der Waals surface area contributed by atoms with E-state index in [0.717, 1.165) is 32.7 Å². The molecule has 2 atom stereocenters. The van der Waals surface area contributed by atoms with Crippen LogP contribution in [0.4, 0.5) is 4.79 Å². The molecule has 1 aliphatic heterocycles. The van der Waals surface area contributed by atoms with Crippen LogP contribution in [0.15, 0.2) is 90.7 Å². The van der Waals surface area contributed by atoms with Crippen molar-refractivity contribution >= 4 is 17.9 Å².